The van der Waals surface area contributed by atoms with Crippen molar-refractivity contribution in [3.8, 4) is 5.75 Å². The second-order valence-electron chi connectivity index (χ2n) is 4.10. The molecule has 23 heavy (non-hydrogen) atoms. The normalized spacial score (nSPS) is 12.2. The third-order valence-corrected chi connectivity index (χ3v) is 2.73. The average molecular weight is 366 g/mol. The lowest BCUT2D eigenvalue weighted by molar-refractivity contribution is -0.275. The van der Waals surface area contributed by atoms with Gasteiger partial charge in [-0.05, 0) is 6.92 Å². The van der Waals surface area contributed by atoms with E-state index in [1.807, 2.05) is 0 Å². The highest BCUT2D eigenvalue weighted by Crippen LogP contribution is 2.39. The maximum absolute atomic E-state index is 12.8. The van der Waals surface area contributed by atoms with E-state index < -0.39 is 53.4 Å². The number of hydrogen-bond donors (Lipinski definition) is 0. The van der Waals surface area contributed by atoms with Gasteiger partial charge in [0.15, 0.2) is 5.69 Å². The molecule has 130 valence electrons. The van der Waals surface area contributed by atoms with E-state index in [1.54, 1.807) is 0 Å². The van der Waals surface area contributed by atoms with Gasteiger partial charge in [0, 0.05) is 17.3 Å². The van der Waals surface area contributed by atoms with Gasteiger partial charge < -0.3 is 9.47 Å². The van der Waals surface area contributed by atoms with E-state index in [0.717, 1.165) is 0 Å². The van der Waals surface area contributed by atoms with Crippen molar-refractivity contribution in [3.05, 3.63) is 23.0 Å². The molecule has 0 saturated heterocycles. The van der Waals surface area contributed by atoms with Crippen molar-refractivity contribution >= 4 is 17.6 Å². The summed E-state index contributed by atoms with van der Waals surface area (Å²) in [6.07, 6.45) is -10.6. The topological polar surface area (TPSA) is 48.4 Å². The van der Waals surface area contributed by atoms with Crippen LogP contribution in [0.25, 0.3) is 0 Å². The van der Waals surface area contributed by atoms with E-state index in [4.69, 9.17) is 11.6 Å². The summed E-state index contributed by atoms with van der Waals surface area (Å²) in [4.78, 5) is 14.4. The predicted molar refractivity (Wildman–Crippen MR) is 65.8 cm³/mol. The van der Waals surface area contributed by atoms with Crippen LogP contribution in [-0.4, -0.2) is 23.9 Å². The molecule has 1 aromatic heterocycles. The molecule has 0 aliphatic heterocycles. The first-order valence-corrected chi connectivity index (χ1v) is 6.58. The zero-order chi connectivity index (χ0) is 17.8. The van der Waals surface area contributed by atoms with Crippen LogP contribution in [0.15, 0.2) is 6.20 Å². The molecule has 0 atom stereocenters. The summed E-state index contributed by atoms with van der Waals surface area (Å²) in [7, 11) is 0. The smallest absolute Gasteiger partial charge is 0.466 e. The molecule has 1 heterocycles. The zero-order valence-electron chi connectivity index (χ0n) is 11.5. The average Bonchev–Trinajstić information content (AvgIpc) is 2.37. The lowest BCUT2D eigenvalue weighted by Gasteiger charge is -2.19. The van der Waals surface area contributed by atoms with Crippen molar-refractivity contribution < 1.29 is 40.6 Å². The van der Waals surface area contributed by atoms with Gasteiger partial charge in [-0.1, -0.05) is 0 Å². The molecule has 11 heteroatoms. The fraction of sp³-hybridized carbons (Fsp3) is 0.500. The molecule has 0 bridgehead atoms. The first kappa shape index (κ1) is 19.3. The Hall–Kier alpha value is -1.71. The number of aromatic nitrogens is 1. The molecule has 0 aliphatic rings. The van der Waals surface area contributed by atoms with Gasteiger partial charge in [-0.15, -0.1) is 24.8 Å². The van der Waals surface area contributed by atoms with Crippen LogP contribution in [0.5, 0.6) is 5.75 Å². The zero-order valence-corrected chi connectivity index (χ0v) is 12.3. The first-order valence-electron chi connectivity index (χ1n) is 6.04. The summed E-state index contributed by atoms with van der Waals surface area (Å²) >= 11 is 5.34. The second-order valence-corrected chi connectivity index (χ2v) is 4.37. The van der Waals surface area contributed by atoms with Gasteiger partial charge >= 0.3 is 18.5 Å². The fourth-order valence-corrected chi connectivity index (χ4v) is 1.93. The standard InChI is InChI=1S/C12H10ClF6NO3/c1-2-22-8(21)3-6-5-20-10(11(14,15)16)7(4-13)9(6)23-12(17,18)19/h5H,2-4H2,1H3. The number of carbonyl (C=O) groups excluding carboxylic acids is 1. The summed E-state index contributed by atoms with van der Waals surface area (Å²) in [5.41, 5.74) is -3.12. The number of pyridine rings is 1. The van der Waals surface area contributed by atoms with Crippen molar-refractivity contribution in [2.24, 2.45) is 0 Å². The number of ether oxygens (including phenoxy) is 2. The third-order valence-electron chi connectivity index (χ3n) is 2.46. The van der Waals surface area contributed by atoms with Crippen LogP contribution in [0.2, 0.25) is 0 Å². The minimum Gasteiger partial charge on any atom is -0.466 e. The summed E-state index contributed by atoms with van der Waals surface area (Å²) in [6.45, 7) is 1.41. The van der Waals surface area contributed by atoms with E-state index in [-0.39, 0.29) is 6.61 Å². The molecule has 0 radical (unpaired) electrons. The van der Waals surface area contributed by atoms with Crippen LogP contribution < -0.4 is 4.74 Å². The molecule has 0 spiro atoms. The van der Waals surface area contributed by atoms with Crippen LogP contribution in [0.3, 0.4) is 0 Å². The lowest BCUT2D eigenvalue weighted by Crippen LogP contribution is -2.22. The van der Waals surface area contributed by atoms with Crippen LogP contribution in [0.1, 0.15) is 23.7 Å². The lowest BCUT2D eigenvalue weighted by atomic mass is 10.1. The number of rotatable bonds is 5. The Balaban J connectivity index is 3.43. The summed E-state index contributed by atoms with van der Waals surface area (Å²) in [6, 6.07) is 0. The summed E-state index contributed by atoms with van der Waals surface area (Å²) in [5.74, 6) is -3.08. The van der Waals surface area contributed by atoms with E-state index in [1.165, 1.54) is 6.92 Å². The molecule has 0 saturated carbocycles. The predicted octanol–water partition coefficient (Wildman–Crippen LogP) is 3.84. The molecule has 0 aliphatic carbocycles. The van der Waals surface area contributed by atoms with Gasteiger partial charge in [0.2, 0.25) is 0 Å². The SMILES string of the molecule is CCOC(=O)Cc1cnc(C(F)(F)F)c(CCl)c1OC(F)(F)F. The van der Waals surface area contributed by atoms with Gasteiger partial charge in [-0.25, -0.2) is 0 Å². The minimum atomic E-state index is -5.27. The molecular formula is C12H10ClF6NO3. The highest BCUT2D eigenvalue weighted by atomic mass is 35.5. The molecular weight excluding hydrogens is 356 g/mol. The largest absolute Gasteiger partial charge is 0.573 e. The Morgan fingerprint density at radius 1 is 1.26 bits per heavy atom. The van der Waals surface area contributed by atoms with Gasteiger partial charge in [0.25, 0.3) is 0 Å². The van der Waals surface area contributed by atoms with Crippen LogP contribution in [-0.2, 0) is 28.0 Å². The Kier molecular flexibility index (Phi) is 6.09. The molecule has 0 aromatic carbocycles. The summed E-state index contributed by atoms with van der Waals surface area (Å²) < 4.78 is 84.0. The maximum Gasteiger partial charge on any atom is 0.573 e. The Bertz CT molecular complexity index is 573. The van der Waals surface area contributed by atoms with Crippen molar-refractivity contribution in [1.82, 2.24) is 4.98 Å². The number of halogens is 7. The monoisotopic (exact) mass is 365 g/mol. The van der Waals surface area contributed by atoms with Crippen molar-refractivity contribution in [1.29, 1.82) is 0 Å². The van der Waals surface area contributed by atoms with Crippen LogP contribution >= 0.6 is 11.6 Å². The molecule has 0 fully saturated rings. The molecule has 0 N–H and O–H groups in total. The van der Waals surface area contributed by atoms with Crippen LogP contribution in [0, 0.1) is 0 Å². The van der Waals surface area contributed by atoms with E-state index >= 15 is 0 Å². The van der Waals surface area contributed by atoms with Crippen molar-refractivity contribution in [2.75, 3.05) is 6.61 Å². The van der Waals surface area contributed by atoms with Crippen LogP contribution in [0.4, 0.5) is 26.3 Å². The highest BCUT2D eigenvalue weighted by molar-refractivity contribution is 6.17. The Labute approximate surface area is 131 Å². The molecule has 0 amide bonds. The number of alkyl halides is 7. The Morgan fingerprint density at radius 3 is 2.30 bits per heavy atom. The quantitative estimate of drug-likeness (QED) is 0.452. The highest BCUT2D eigenvalue weighted by Gasteiger charge is 2.40. The first-order chi connectivity index (χ1) is 10.5. The second kappa shape index (κ2) is 7.24. The van der Waals surface area contributed by atoms with Crippen molar-refractivity contribution in [2.45, 2.75) is 31.8 Å². The van der Waals surface area contributed by atoms with E-state index in [2.05, 4.69) is 14.5 Å². The van der Waals surface area contributed by atoms with E-state index in [9.17, 15) is 31.1 Å². The molecule has 1 aromatic rings. The third kappa shape index (κ3) is 5.45. The number of carbonyl (C=O) groups is 1. The molecule has 1 rings (SSSR count). The van der Waals surface area contributed by atoms with Gasteiger partial charge in [0.1, 0.15) is 5.75 Å². The number of esters is 1. The van der Waals surface area contributed by atoms with Gasteiger partial charge in [-0.3, -0.25) is 9.78 Å². The summed E-state index contributed by atoms with van der Waals surface area (Å²) in [5, 5.41) is 0. The van der Waals surface area contributed by atoms with E-state index in [0.29, 0.717) is 6.20 Å². The van der Waals surface area contributed by atoms with Gasteiger partial charge in [0.05, 0.1) is 18.9 Å². The molecule has 0 unspecified atom stereocenters. The number of hydrogen-bond acceptors (Lipinski definition) is 4. The Morgan fingerprint density at radius 2 is 1.87 bits per heavy atom. The van der Waals surface area contributed by atoms with Crippen molar-refractivity contribution in [3.63, 3.8) is 0 Å². The number of nitrogens with zero attached hydrogens (tertiary/aromatic N) is 1. The fourth-order valence-electron chi connectivity index (χ4n) is 1.68. The molecule has 4 nitrogen and oxygen atoms in total. The van der Waals surface area contributed by atoms with Gasteiger partial charge in [-0.2, -0.15) is 13.2 Å². The maximum atomic E-state index is 12.8. The minimum absolute atomic E-state index is 0.0509.